The highest BCUT2D eigenvalue weighted by molar-refractivity contribution is 5.43. The molecule has 3 rings (SSSR count). The van der Waals surface area contributed by atoms with Crippen LogP contribution < -0.4 is 5.56 Å². The van der Waals surface area contributed by atoms with E-state index in [4.69, 9.17) is 0 Å². The average Bonchev–Trinajstić information content (AvgIpc) is 2.98. The Hall–Kier alpha value is -1.91. The minimum Gasteiger partial charge on any atom is -0.331 e. The van der Waals surface area contributed by atoms with Gasteiger partial charge in [0.15, 0.2) is 11.6 Å². The molecule has 0 aromatic carbocycles. The Morgan fingerprint density at radius 3 is 2.83 bits per heavy atom. The van der Waals surface area contributed by atoms with Gasteiger partial charge in [0.2, 0.25) is 0 Å². The Morgan fingerprint density at radius 1 is 1.39 bits per heavy atom. The van der Waals surface area contributed by atoms with Crippen LogP contribution in [-0.4, -0.2) is 19.5 Å². The number of aromatic nitrogens is 4. The predicted molar refractivity (Wildman–Crippen MR) is 68.3 cm³/mol. The Morgan fingerprint density at radius 2 is 2.17 bits per heavy atom. The zero-order valence-electron chi connectivity index (χ0n) is 10.4. The fourth-order valence-electron chi connectivity index (χ4n) is 2.61. The second kappa shape index (κ2) is 4.40. The Labute approximate surface area is 105 Å². The number of aryl methyl sites for hydroxylation is 1. The first kappa shape index (κ1) is 11.2. The van der Waals surface area contributed by atoms with Crippen LogP contribution in [0.2, 0.25) is 0 Å². The van der Waals surface area contributed by atoms with Gasteiger partial charge in [-0.25, -0.2) is 9.97 Å². The maximum Gasteiger partial charge on any atom is 0.251 e. The van der Waals surface area contributed by atoms with Gasteiger partial charge in [-0.3, -0.25) is 4.79 Å². The number of nitrogens with zero attached hydrogens (tertiary/aromatic N) is 3. The number of hydrogen-bond acceptors (Lipinski definition) is 3. The molecule has 0 bridgehead atoms. The average molecular weight is 244 g/mol. The van der Waals surface area contributed by atoms with Crippen LogP contribution in [0.15, 0.2) is 23.3 Å². The molecule has 1 aliphatic rings. The predicted octanol–water partition coefficient (Wildman–Crippen LogP) is 1.83. The fourth-order valence-corrected chi connectivity index (χ4v) is 2.61. The molecular formula is C13H16N4O. The maximum absolute atomic E-state index is 11.7. The van der Waals surface area contributed by atoms with E-state index in [0.29, 0.717) is 17.6 Å². The highest BCUT2D eigenvalue weighted by Gasteiger charge is 2.20. The lowest BCUT2D eigenvalue weighted by Crippen LogP contribution is -2.13. The van der Waals surface area contributed by atoms with Crippen LogP contribution in [0.1, 0.15) is 37.3 Å². The van der Waals surface area contributed by atoms with Crippen molar-refractivity contribution in [2.75, 3.05) is 0 Å². The Kier molecular flexibility index (Phi) is 2.74. The molecule has 5 heteroatoms. The van der Waals surface area contributed by atoms with E-state index in [-0.39, 0.29) is 5.56 Å². The van der Waals surface area contributed by atoms with E-state index in [0.717, 1.165) is 18.5 Å². The van der Waals surface area contributed by atoms with Gasteiger partial charge in [-0.05, 0) is 12.8 Å². The minimum atomic E-state index is -0.0927. The summed E-state index contributed by atoms with van der Waals surface area (Å²) < 4.78 is 1.86. The largest absolute Gasteiger partial charge is 0.331 e. The second-order valence-electron chi connectivity index (χ2n) is 4.86. The van der Waals surface area contributed by atoms with Crippen molar-refractivity contribution < 1.29 is 0 Å². The van der Waals surface area contributed by atoms with Crippen molar-refractivity contribution in [2.45, 2.75) is 31.6 Å². The quantitative estimate of drug-likeness (QED) is 0.876. The van der Waals surface area contributed by atoms with Crippen molar-refractivity contribution in [3.63, 3.8) is 0 Å². The van der Waals surface area contributed by atoms with Crippen LogP contribution >= 0.6 is 0 Å². The molecule has 0 spiro atoms. The van der Waals surface area contributed by atoms with Gasteiger partial charge in [0.05, 0.1) is 5.69 Å². The summed E-state index contributed by atoms with van der Waals surface area (Å²) in [6.07, 6.45) is 8.29. The monoisotopic (exact) mass is 244 g/mol. The Balaban J connectivity index is 2.06. The molecule has 2 aromatic heterocycles. The van der Waals surface area contributed by atoms with E-state index in [2.05, 4.69) is 15.0 Å². The van der Waals surface area contributed by atoms with E-state index < -0.39 is 0 Å². The normalized spacial score (nSPS) is 16.3. The lowest BCUT2D eigenvalue weighted by atomic mass is 10.0. The maximum atomic E-state index is 11.7. The molecule has 1 N–H and O–H groups in total. The van der Waals surface area contributed by atoms with Gasteiger partial charge < -0.3 is 9.55 Å². The van der Waals surface area contributed by atoms with Gasteiger partial charge in [0.1, 0.15) is 0 Å². The van der Waals surface area contributed by atoms with Crippen molar-refractivity contribution in [3.05, 3.63) is 34.5 Å². The molecule has 1 aliphatic carbocycles. The number of imidazole rings is 1. The van der Waals surface area contributed by atoms with Crippen molar-refractivity contribution in [3.8, 4) is 11.6 Å². The number of nitrogens with one attached hydrogen (secondary N) is 1. The van der Waals surface area contributed by atoms with Crippen molar-refractivity contribution in [2.24, 2.45) is 7.05 Å². The van der Waals surface area contributed by atoms with Crippen LogP contribution in [-0.2, 0) is 7.05 Å². The van der Waals surface area contributed by atoms with Crippen molar-refractivity contribution in [1.82, 2.24) is 19.5 Å². The summed E-state index contributed by atoms with van der Waals surface area (Å²) in [6, 6.07) is 1.63. The van der Waals surface area contributed by atoms with E-state index in [9.17, 15) is 4.79 Å². The number of aromatic amines is 1. The van der Waals surface area contributed by atoms with E-state index in [1.165, 1.54) is 12.8 Å². The van der Waals surface area contributed by atoms with Gasteiger partial charge in [-0.15, -0.1) is 0 Å². The lowest BCUT2D eigenvalue weighted by molar-refractivity contribution is 0.691. The molecule has 5 nitrogen and oxygen atoms in total. The molecule has 0 unspecified atom stereocenters. The molecule has 0 aliphatic heterocycles. The SMILES string of the molecule is Cn1ccnc1-c1nc(C2CCCC2)cc(=O)[nH]1. The summed E-state index contributed by atoms with van der Waals surface area (Å²) in [7, 11) is 1.89. The van der Waals surface area contributed by atoms with Crippen LogP contribution in [0.5, 0.6) is 0 Å². The molecule has 1 fully saturated rings. The van der Waals surface area contributed by atoms with Crippen LogP contribution in [0, 0.1) is 0 Å². The van der Waals surface area contributed by atoms with Crippen molar-refractivity contribution >= 4 is 0 Å². The third-order valence-electron chi connectivity index (χ3n) is 3.57. The highest BCUT2D eigenvalue weighted by Crippen LogP contribution is 2.32. The molecule has 0 atom stereocenters. The third kappa shape index (κ3) is 1.96. The standard InChI is InChI=1S/C13H16N4O/c1-17-7-6-14-13(17)12-15-10(8-11(18)16-12)9-4-2-3-5-9/h6-9H,2-5H2,1H3,(H,15,16,18). The first-order valence-electron chi connectivity index (χ1n) is 6.33. The van der Waals surface area contributed by atoms with Gasteiger partial charge in [-0.1, -0.05) is 12.8 Å². The first-order chi connectivity index (χ1) is 8.74. The summed E-state index contributed by atoms with van der Waals surface area (Å²) in [6.45, 7) is 0. The summed E-state index contributed by atoms with van der Waals surface area (Å²) in [5.74, 6) is 1.70. The number of rotatable bonds is 2. The third-order valence-corrected chi connectivity index (χ3v) is 3.57. The molecule has 94 valence electrons. The zero-order chi connectivity index (χ0) is 12.5. The number of hydrogen-bond donors (Lipinski definition) is 1. The summed E-state index contributed by atoms with van der Waals surface area (Å²) in [4.78, 5) is 23.3. The van der Waals surface area contributed by atoms with E-state index in [1.807, 2.05) is 17.8 Å². The summed E-state index contributed by atoms with van der Waals surface area (Å²) >= 11 is 0. The smallest absolute Gasteiger partial charge is 0.251 e. The molecule has 0 saturated heterocycles. The minimum absolute atomic E-state index is 0.0927. The van der Waals surface area contributed by atoms with Crippen LogP contribution in [0.4, 0.5) is 0 Å². The van der Waals surface area contributed by atoms with Gasteiger partial charge in [0.25, 0.3) is 5.56 Å². The molecule has 0 amide bonds. The number of H-pyrrole nitrogens is 1. The second-order valence-corrected chi connectivity index (χ2v) is 4.86. The van der Waals surface area contributed by atoms with Gasteiger partial charge in [0, 0.05) is 31.4 Å². The molecule has 0 radical (unpaired) electrons. The zero-order valence-corrected chi connectivity index (χ0v) is 10.4. The summed E-state index contributed by atoms with van der Waals surface area (Å²) in [5.41, 5.74) is 0.819. The highest BCUT2D eigenvalue weighted by atomic mass is 16.1. The van der Waals surface area contributed by atoms with Gasteiger partial charge >= 0.3 is 0 Å². The first-order valence-corrected chi connectivity index (χ1v) is 6.33. The van der Waals surface area contributed by atoms with E-state index >= 15 is 0 Å². The van der Waals surface area contributed by atoms with Crippen LogP contribution in [0.3, 0.4) is 0 Å². The fraction of sp³-hybridized carbons (Fsp3) is 0.462. The molecule has 2 aromatic rings. The molecule has 1 saturated carbocycles. The lowest BCUT2D eigenvalue weighted by Gasteiger charge is -2.09. The molecular weight excluding hydrogens is 228 g/mol. The Bertz CT molecular complexity index is 607. The topological polar surface area (TPSA) is 63.6 Å². The van der Waals surface area contributed by atoms with E-state index in [1.54, 1.807) is 12.3 Å². The van der Waals surface area contributed by atoms with Crippen LogP contribution in [0.25, 0.3) is 11.6 Å². The summed E-state index contributed by atoms with van der Waals surface area (Å²) in [5, 5.41) is 0. The van der Waals surface area contributed by atoms with Crippen molar-refractivity contribution in [1.29, 1.82) is 0 Å². The molecule has 2 heterocycles. The molecule has 18 heavy (non-hydrogen) atoms. The van der Waals surface area contributed by atoms with Gasteiger partial charge in [-0.2, -0.15) is 0 Å².